The molecule has 5 heteroatoms. The highest BCUT2D eigenvalue weighted by Gasteiger charge is 2.27. The van der Waals surface area contributed by atoms with Crippen LogP contribution in [0.4, 0.5) is 4.79 Å². The molecule has 0 aliphatic heterocycles. The second kappa shape index (κ2) is 5.70. The zero-order valence-electron chi connectivity index (χ0n) is 11.5. The van der Waals surface area contributed by atoms with Gasteiger partial charge in [0, 0.05) is 6.20 Å². The maximum absolute atomic E-state index is 11.6. The van der Waals surface area contributed by atoms with E-state index in [1.165, 1.54) is 0 Å². The van der Waals surface area contributed by atoms with E-state index in [0.717, 1.165) is 0 Å². The molecule has 0 aromatic carbocycles. The summed E-state index contributed by atoms with van der Waals surface area (Å²) < 4.78 is 5.15. The van der Waals surface area contributed by atoms with Gasteiger partial charge in [0.05, 0.1) is 5.54 Å². The zero-order valence-corrected chi connectivity index (χ0v) is 11.5. The van der Waals surface area contributed by atoms with Gasteiger partial charge in [0.25, 0.3) is 0 Å². The molecule has 5 nitrogen and oxygen atoms in total. The molecule has 0 aromatic rings. The highest BCUT2D eigenvalue weighted by Crippen LogP contribution is 2.09. The summed E-state index contributed by atoms with van der Waals surface area (Å²) in [4.78, 5) is 15.6. The van der Waals surface area contributed by atoms with E-state index in [9.17, 15) is 4.79 Å². The lowest BCUT2D eigenvalue weighted by atomic mass is 10.1. The van der Waals surface area contributed by atoms with Gasteiger partial charge in [-0.1, -0.05) is 6.08 Å². The number of carbonyl (C=O) groups excluding carboxylic acids is 1. The fraction of sp³-hybridized carbons (Fsp3) is 0.667. The lowest BCUT2D eigenvalue weighted by Crippen LogP contribution is -2.54. The van der Waals surface area contributed by atoms with Crippen molar-refractivity contribution in [2.75, 3.05) is 0 Å². The Bertz CT molecular complexity index is 325. The second-order valence-corrected chi connectivity index (χ2v) is 5.25. The lowest BCUT2D eigenvalue weighted by Gasteiger charge is -2.27. The number of amides is 1. The number of amidine groups is 1. The van der Waals surface area contributed by atoms with Crippen molar-refractivity contribution >= 4 is 11.9 Å². The van der Waals surface area contributed by atoms with Crippen LogP contribution in [0.15, 0.2) is 17.3 Å². The number of nitrogens with one attached hydrogen (secondary N) is 1. The third-order valence-electron chi connectivity index (χ3n) is 1.82. The van der Waals surface area contributed by atoms with Gasteiger partial charge < -0.3 is 15.8 Å². The fourth-order valence-electron chi connectivity index (χ4n) is 0.939. The van der Waals surface area contributed by atoms with Crippen LogP contribution in [-0.2, 0) is 4.74 Å². The first-order valence-corrected chi connectivity index (χ1v) is 5.54. The Kier molecular flexibility index (Phi) is 5.19. The van der Waals surface area contributed by atoms with Crippen LogP contribution in [0.3, 0.4) is 0 Å². The summed E-state index contributed by atoms with van der Waals surface area (Å²) in [6.07, 6.45) is 2.82. The van der Waals surface area contributed by atoms with Crippen LogP contribution in [-0.4, -0.2) is 23.1 Å². The molecule has 98 valence electrons. The van der Waals surface area contributed by atoms with E-state index in [0.29, 0.717) is 5.84 Å². The Morgan fingerprint density at radius 3 is 2.24 bits per heavy atom. The van der Waals surface area contributed by atoms with Crippen LogP contribution >= 0.6 is 0 Å². The number of aliphatic imine (C=N–C) groups is 1. The Hall–Kier alpha value is -1.52. The number of ether oxygens (including phenoxy) is 1. The number of allylic oxidation sites excluding steroid dienone is 1. The molecule has 0 spiro atoms. The number of nitrogens with zero attached hydrogens (tertiary/aromatic N) is 1. The molecule has 1 amide bonds. The van der Waals surface area contributed by atoms with Crippen LogP contribution in [0, 0.1) is 0 Å². The van der Waals surface area contributed by atoms with Crippen LogP contribution in [0.5, 0.6) is 0 Å². The van der Waals surface area contributed by atoms with Crippen LogP contribution < -0.4 is 11.1 Å². The minimum absolute atomic E-state index is 0.321. The van der Waals surface area contributed by atoms with Crippen molar-refractivity contribution in [3.8, 4) is 0 Å². The van der Waals surface area contributed by atoms with Gasteiger partial charge in [-0.15, -0.1) is 0 Å². The Balaban J connectivity index is 4.60. The highest BCUT2D eigenvalue weighted by molar-refractivity contribution is 5.92. The van der Waals surface area contributed by atoms with Crippen molar-refractivity contribution in [3.05, 3.63) is 12.3 Å². The van der Waals surface area contributed by atoms with Crippen LogP contribution in [0.2, 0.25) is 0 Å². The van der Waals surface area contributed by atoms with E-state index < -0.39 is 17.2 Å². The van der Waals surface area contributed by atoms with Gasteiger partial charge >= 0.3 is 6.09 Å². The monoisotopic (exact) mass is 241 g/mol. The molecule has 0 heterocycles. The summed E-state index contributed by atoms with van der Waals surface area (Å²) in [5.41, 5.74) is 4.50. The Morgan fingerprint density at radius 1 is 1.29 bits per heavy atom. The number of hydrogen-bond acceptors (Lipinski definition) is 3. The van der Waals surface area contributed by atoms with Crippen molar-refractivity contribution in [2.24, 2.45) is 10.7 Å². The smallest absolute Gasteiger partial charge is 0.408 e. The van der Waals surface area contributed by atoms with Gasteiger partial charge in [0.15, 0.2) is 0 Å². The molecule has 0 atom stereocenters. The maximum Gasteiger partial charge on any atom is 0.408 e. The first-order chi connectivity index (χ1) is 7.58. The van der Waals surface area contributed by atoms with Crippen LogP contribution in [0.25, 0.3) is 0 Å². The molecule has 0 aliphatic carbocycles. The van der Waals surface area contributed by atoms with Crippen molar-refractivity contribution in [3.63, 3.8) is 0 Å². The van der Waals surface area contributed by atoms with E-state index >= 15 is 0 Å². The summed E-state index contributed by atoms with van der Waals surface area (Å²) in [6, 6.07) is 0. The first kappa shape index (κ1) is 15.5. The zero-order chi connectivity index (χ0) is 13.7. The summed E-state index contributed by atoms with van der Waals surface area (Å²) in [6.45, 7) is 10.8. The molecule has 0 unspecified atom stereocenters. The normalized spacial score (nSPS) is 13.9. The summed E-state index contributed by atoms with van der Waals surface area (Å²) >= 11 is 0. The molecule has 0 radical (unpaired) electrons. The van der Waals surface area contributed by atoms with E-state index in [1.807, 2.05) is 6.92 Å². The summed E-state index contributed by atoms with van der Waals surface area (Å²) in [5.74, 6) is 0.321. The molecule has 0 rings (SSSR count). The van der Waals surface area contributed by atoms with Gasteiger partial charge in [-0.05, 0) is 41.5 Å². The molecule has 3 N–H and O–H groups in total. The van der Waals surface area contributed by atoms with Crippen molar-refractivity contribution in [1.82, 2.24) is 5.32 Å². The molecular weight excluding hydrogens is 218 g/mol. The van der Waals surface area contributed by atoms with Crippen LogP contribution in [0.1, 0.15) is 41.5 Å². The van der Waals surface area contributed by atoms with Gasteiger partial charge in [-0.25, -0.2) is 9.79 Å². The predicted octanol–water partition coefficient (Wildman–Crippen LogP) is 2.18. The SMILES string of the molecule is C/C=C\N=C(N)C(C)(C)NC(=O)OC(C)(C)C. The van der Waals surface area contributed by atoms with E-state index in [1.54, 1.807) is 46.9 Å². The average Bonchev–Trinajstić information content (AvgIpc) is 2.09. The van der Waals surface area contributed by atoms with Crippen molar-refractivity contribution in [1.29, 1.82) is 0 Å². The second-order valence-electron chi connectivity index (χ2n) is 5.25. The fourth-order valence-corrected chi connectivity index (χ4v) is 0.939. The van der Waals surface area contributed by atoms with E-state index in [4.69, 9.17) is 10.5 Å². The van der Waals surface area contributed by atoms with E-state index in [-0.39, 0.29) is 0 Å². The number of nitrogens with two attached hydrogens (primary N) is 1. The summed E-state index contributed by atoms with van der Waals surface area (Å²) in [7, 11) is 0. The topological polar surface area (TPSA) is 76.7 Å². The van der Waals surface area contributed by atoms with Gasteiger partial charge in [0.1, 0.15) is 11.4 Å². The Labute approximate surface area is 103 Å². The lowest BCUT2D eigenvalue weighted by molar-refractivity contribution is 0.0496. The molecule has 0 bridgehead atoms. The van der Waals surface area contributed by atoms with Crippen molar-refractivity contribution in [2.45, 2.75) is 52.7 Å². The first-order valence-electron chi connectivity index (χ1n) is 5.54. The molecule has 0 saturated heterocycles. The number of alkyl carbamates (subject to hydrolysis) is 1. The average molecular weight is 241 g/mol. The molecule has 0 saturated carbocycles. The van der Waals surface area contributed by atoms with Crippen molar-refractivity contribution < 1.29 is 9.53 Å². The predicted molar refractivity (Wildman–Crippen MR) is 69.9 cm³/mol. The molecule has 0 fully saturated rings. The summed E-state index contributed by atoms with van der Waals surface area (Å²) in [5, 5.41) is 2.67. The standard InChI is InChI=1S/C12H23N3O2/c1-7-8-14-9(13)12(5,6)15-10(16)17-11(2,3)4/h7-8H,1-6H3,(H2,13,14)(H,15,16)/b8-7-. The minimum Gasteiger partial charge on any atom is -0.444 e. The third-order valence-corrected chi connectivity index (χ3v) is 1.82. The molecular formula is C12H23N3O2. The minimum atomic E-state index is -0.748. The number of carbonyl (C=O) groups is 1. The number of rotatable bonds is 3. The van der Waals surface area contributed by atoms with E-state index in [2.05, 4.69) is 10.3 Å². The van der Waals surface area contributed by atoms with Gasteiger partial charge in [0.2, 0.25) is 0 Å². The Morgan fingerprint density at radius 2 is 1.82 bits per heavy atom. The van der Waals surface area contributed by atoms with Gasteiger partial charge in [-0.3, -0.25) is 0 Å². The largest absolute Gasteiger partial charge is 0.444 e. The maximum atomic E-state index is 11.6. The quantitative estimate of drug-likeness (QED) is 0.587. The molecule has 0 aromatic heterocycles. The third kappa shape index (κ3) is 6.60. The van der Waals surface area contributed by atoms with Gasteiger partial charge in [-0.2, -0.15) is 0 Å². The molecule has 0 aliphatic rings. The number of hydrogen-bond donors (Lipinski definition) is 2. The highest BCUT2D eigenvalue weighted by atomic mass is 16.6. The molecule has 17 heavy (non-hydrogen) atoms.